The molecule has 0 bridgehead atoms. The Labute approximate surface area is 138 Å². The number of benzene rings is 1. The Morgan fingerprint density at radius 2 is 1.57 bits per heavy atom. The lowest BCUT2D eigenvalue weighted by atomic mass is 9.99. The van der Waals surface area contributed by atoms with E-state index in [9.17, 15) is 9.59 Å². The SMILES string of the molecule is CC.Cc1c(C)c(C)n(C)c(=O)c1C(=O)/C=C/c1ccccc1. The van der Waals surface area contributed by atoms with Gasteiger partial charge in [0.25, 0.3) is 5.56 Å². The minimum absolute atomic E-state index is 0.238. The van der Waals surface area contributed by atoms with Gasteiger partial charge in [0.1, 0.15) is 0 Å². The van der Waals surface area contributed by atoms with E-state index in [2.05, 4.69) is 0 Å². The van der Waals surface area contributed by atoms with Crippen molar-refractivity contribution in [1.82, 2.24) is 4.57 Å². The normalized spacial score (nSPS) is 10.3. The first-order valence-corrected chi connectivity index (χ1v) is 7.87. The lowest BCUT2D eigenvalue weighted by Gasteiger charge is -2.13. The van der Waals surface area contributed by atoms with Crippen molar-refractivity contribution in [2.75, 3.05) is 0 Å². The van der Waals surface area contributed by atoms with Crippen LogP contribution in [0.4, 0.5) is 0 Å². The molecule has 2 aromatic rings. The zero-order chi connectivity index (χ0) is 17.6. The summed E-state index contributed by atoms with van der Waals surface area (Å²) in [5.74, 6) is -0.250. The molecule has 0 fully saturated rings. The van der Waals surface area contributed by atoms with Crippen molar-refractivity contribution in [3.63, 3.8) is 0 Å². The third kappa shape index (κ3) is 4.07. The summed E-state index contributed by atoms with van der Waals surface area (Å²) in [7, 11) is 1.70. The lowest BCUT2D eigenvalue weighted by Crippen LogP contribution is -2.28. The van der Waals surface area contributed by atoms with Gasteiger partial charge in [0.15, 0.2) is 5.78 Å². The molecule has 0 N–H and O–H groups in total. The first-order chi connectivity index (χ1) is 10.9. The van der Waals surface area contributed by atoms with Gasteiger partial charge in [-0.1, -0.05) is 50.3 Å². The summed E-state index contributed by atoms with van der Waals surface area (Å²) in [6.45, 7) is 9.65. The fourth-order valence-corrected chi connectivity index (χ4v) is 2.30. The lowest BCUT2D eigenvalue weighted by molar-refractivity contribution is 0.104. The minimum atomic E-state index is -0.250. The van der Waals surface area contributed by atoms with Crippen LogP contribution < -0.4 is 5.56 Å². The number of ketones is 1. The molecule has 1 heterocycles. The maximum Gasteiger partial charge on any atom is 0.261 e. The number of allylic oxidation sites excluding steroid dienone is 1. The molecule has 0 aliphatic carbocycles. The van der Waals surface area contributed by atoms with Crippen LogP contribution in [0.1, 0.15) is 46.6 Å². The zero-order valence-electron chi connectivity index (χ0n) is 14.8. The van der Waals surface area contributed by atoms with E-state index in [0.29, 0.717) is 0 Å². The smallest absolute Gasteiger partial charge is 0.261 e. The number of carbonyl (C=O) groups excluding carboxylic acids is 1. The maximum absolute atomic E-state index is 12.4. The number of hydrogen-bond acceptors (Lipinski definition) is 2. The molecule has 2 rings (SSSR count). The molecule has 0 saturated carbocycles. The third-order valence-corrected chi connectivity index (χ3v) is 3.97. The fraction of sp³-hybridized carbons (Fsp3) is 0.300. The number of pyridine rings is 1. The number of aromatic nitrogens is 1. The van der Waals surface area contributed by atoms with E-state index in [4.69, 9.17) is 0 Å². The van der Waals surface area contributed by atoms with Gasteiger partial charge in [-0.2, -0.15) is 0 Å². The Bertz CT molecular complexity index is 768. The van der Waals surface area contributed by atoms with Crippen molar-refractivity contribution in [3.05, 3.63) is 74.7 Å². The highest BCUT2D eigenvalue weighted by atomic mass is 16.1. The van der Waals surface area contributed by atoms with E-state index in [1.165, 1.54) is 10.6 Å². The molecular weight excluding hydrogens is 286 g/mol. The van der Waals surface area contributed by atoms with Crippen LogP contribution in [0.5, 0.6) is 0 Å². The van der Waals surface area contributed by atoms with Gasteiger partial charge >= 0.3 is 0 Å². The van der Waals surface area contributed by atoms with Crippen molar-refractivity contribution < 1.29 is 4.79 Å². The topological polar surface area (TPSA) is 39.1 Å². The van der Waals surface area contributed by atoms with Gasteiger partial charge in [-0.05, 0) is 43.5 Å². The number of hydrogen-bond donors (Lipinski definition) is 0. The fourth-order valence-electron chi connectivity index (χ4n) is 2.30. The molecule has 1 aromatic heterocycles. The summed E-state index contributed by atoms with van der Waals surface area (Å²) in [5.41, 5.74) is 3.59. The van der Waals surface area contributed by atoms with Crippen molar-refractivity contribution in [3.8, 4) is 0 Å². The maximum atomic E-state index is 12.4. The van der Waals surface area contributed by atoms with Crippen LogP contribution in [0.3, 0.4) is 0 Å². The molecule has 0 aliphatic heterocycles. The Hall–Kier alpha value is -2.42. The highest BCUT2D eigenvalue weighted by Crippen LogP contribution is 2.14. The highest BCUT2D eigenvalue weighted by molar-refractivity contribution is 6.07. The van der Waals surface area contributed by atoms with Gasteiger partial charge in [-0.25, -0.2) is 0 Å². The van der Waals surface area contributed by atoms with Gasteiger partial charge in [0.05, 0.1) is 5.56 Å². The average Bonchev–Trinajstić information content (AvgIpc) is 2.59. The van der Waals surface area contributed by atoms with Crippen LogP contribution in [0, 0.1) is 20.8 Å². The van der Waals surface area contributed by atoms with Gasteiger partial charge in [-0.3, -0.25) is 9.59 Å². The Morgan fingerprint density at radius 1 is 1.00 bits per heavy atom. The van der Waals surface area contributed by atoms with E-state index in [1.54, 1.807) is 13.1 Å². The minimum Gasteiger partial charge on any atom is -0.315 e. The molecular formula is C20H25NO2. The molecule has 1 aromatic carbocycles. The largest absolute Gasteiger partial charge is 0.315 e. The summed E-state index contributed by atoms with van der Waals surface area (Å²) in [6, 6.07) is 9.56. The van der Waals surface area contributed by atoms with E-state index in [1.807, 2.05) is 65.0 Å². The number of nitrogens with zero attached hydrogens (tertiary/aromatic N) is 1. The second kappa shape index (κ2) is 8.28. The predicted molar refractivity (Wildman–Crippen MR) is 97.0 cm³/mol. The second-order valence-electron chi connectivity index (χ2n) is 5.18. The molecule has 3 nitrogen and oxygen atoms in total. The third-order valence-electron chi connectivity index (χ3n) is 3.97. The van der Waals surface area contributed by atoms with Crippen LogP contribution in [-0.4, -0.2) is 10.4 Å². The number of rotatable bonds is 3. The Balaban J connectivity index is 0.00000127. The van der Waals surface area contributed by atoms with E-state index in [0.717, 1.165) is 22.4 Å². The van der Waals surface area contributed by atoms with E-state index in [-0.39, 0.29) is 16.9 Å². The van der Waals surface area contributed by atoms with Gasteiger partial charge in [0, 0.05) is 12.7 Å². The van der Waals surface area contributed by atoms with Gasteiger partial charge in [-0.15, -0.1) is 0 Å². The van der Waals surface area contributed by atoms with Gasteiger partial charge < -0.3 is 4.57 Å². The monoisotopic (exact) mass is 311 g/mol. The van der Waals surface area contributed by atoms with Crippen molar-refractivity contribution in [1.29, 1.82) is 0 Å². The van der Waals surface area contributed by atoms with Crippen LogP contribution in [0.25, 0.3) is 6.08 Å². The van der Waals surface area contributed by atoms with E-state index >= 15 is 0 Å². The quantitative estimate of drug-likeness (QED) is 0.628. The molecule has 0 radical (unpaired) electrons. The van der Waals surface area contributed by atoms with Crippen LogP contribution in [0.15, 0.2) is 41.2 Å². The highest BCUT2D eigenvalue weighted by Gasteiger charge is 2.16. The molecule has 0 saturated heterocycles. The standard InChI is InChI=1S/C18H19NO2.C2H6/c1-12-13(2)17(18(21)19(4)14(12)3)16(20)11-10-15-8-6-5-7-9-15;1-2/h5-11H,1-4H3;1-2H3/b11-10+;. The first kappa shape index (κ1) is 18.6. The number of carbonyl (C=O) groups is 1. The molecule has 23 heavy (non-hydrogen) atoms. The van der Waals surface area contributed by atoms with Crippen LogP contribution >= 0.6 is 0 Å². The molecule has 0 amide bonds. The summed E-state index contributed by atoms with van der Waals surface area (Å²) in [6.07, 6.45) is 3.20. The molecule has 3 heteroatoms. The molecule has 0 atom stereocenters. The zero-order valence-corrected chi connectivity index (χ0v) is 14.8. The molecule has 0 spiro atoms. The predicted octanol–water partition coefficient (Wildman–Crippen LogP) is 4.23. The summed E-state index contributed by atoms with van der Waals surface area (Å²) in [5, 5.41) is 0. The second-order valence-corrected chi connectivity index (χ2v) is 5.18. The van der Waals surface area contributed by atoms with Crippen LogP contribution in [-0.2, 0) is 7.05 Å². The average molecular weight is 311 g/mol. The van der Waals surface area contributed by atoms with Crippen molar-refractivity contribution in [2.45, 2.75) is 34.6 Å². The van der Waals surface area contributed by atoms with Crippen molar-refractivity contribution >= 4 is 11.9 Å². The molecule has 0 aliphatic rings. The Morgan fingerprint density at radius 3 is 2.13 bits per heavy atom. The first-order valence-electron chi connectivity index (χ1n) is 7.87. The molecule has 0 unspecified atom stereocenters. The summed E-state index contributed by atoms with van der Waals surface area (Å²) >= 11 is 0. The summed E-state index contributed by atoms with van der Waals surface area (Å²) < 4.78 is 1.53. The van der Waals surface area contributed by atoms with Gasteiger partial charge in [0.2, 0.25) is 0 Å². The van der Waals surface area contributed by atoms with Crippen LogP contribution in [0.2, 0.25) is 0 Å². The van der Waals surface area contributed by atoms with Crippen molar-refractivity contribution in [2.24, 2.45) is 7.05 Å². The molecule has 122 valence electrons. The Kier molecular flexibility index (Phi) is 6.70. The van der Waals surface area contributed by atoms with E-state index < -0.39 is 0 Å². The summed E-state index contributed by atoms with van der Waals surface area (Å²) in [4.78, 5) is 24.7.